The minimum atomic E-state index is -0.114. The molecule has 0 aromatic heterocycles. The number of benzene rings is 3. The molecular formula is C28H26ClNO3S2. The van der Waals surface area contributed by atoms with Crippen molar-refractivity contribution in [3.8, 4) is 11.5 Å². The van der Waals surface area contributed by atoms with Crippen LogP contribution in [0.1, 0.15) is 28.7 Å². The highest BCUT2D eigenvalue weighted by Crippen LogP contribution is 2.36. The molecule has 3 aromatic rings. The summed E-state index contributed by atoms with van der Waals surface area (Å²) in [6.07, 6.45) is 2.52. The van der Waals surface area contributed by atoms with Gasteiger partial charge in [0.2, 0.25) is 0 Å². The number of amides is 1. The molecule has 1 heterocycles. The Kier molecular flexibility index (Phi) is 8.50. The van der Waals surface area contributed by atoms with Crippen molar-refractivity contribution in [3.63, 3.8) is 0 Å². The largest absolute Gasteiger partial charge is 0.493 e. The zero-order valence-electron chi connectivity index (χ0n) is 19.6. The quantitative estimate of drug-likeness (QED) is 0.168. The predicted octanol–water partition coefficient (Wildman–Crippen LogP) is 7.21. The fourth-order valence-corrected chi connectivity index (χ4v) is 5.18. The number of ether oxygens (including phenoxy) is 2. The number of thioether (sulfide) groups is 1. The summed E-state index contributed by atoms with van der Waals surface area (Å²) < 4.78 is 12.4. The van der Waals surface area contributed by atoms with Gasteiger partial charge in [-0.1, -0.05) is 72.0 Å². The molecule has 1 aliphatic rings. The van der Waals surface area contributed by atoms with Crippen LogP contribution in [0.2, 0.25) is 5.02 Å². The van der Waals surface area contributed by atoms with Crippen molar-refractivity contribution >= 4 is 51.9 Å². The summed E-state index contributed by atoms with van der Waals surface area (Å²) in [6.45, 7) is 5.58. The molecule has 0 atom stereocenters. The number of nitrogens with zero attached hydrogens (tertiary/aromatic N) is 1. The van der Waals surface area contributed by atoms with E-state index in [1.54, 1.807) is 23.1 Å². The van der Waals surface area contributed by atoms with Crippen LogP contribution in [-0.2, 0) is 11.3 Å². The van der Waals surface area contributed by atoms with Crippen LogP contribution in [0.4, 0.5) is 0 Å². The SMILES string of the molecule is Cc1cc(C)cc(OCCCOc2ccc(Cl)cc2/C=C2\SC(=S)N(Cc3ccccc3)C2=O)c1. The van der Waals surface area contributed by atoms with Crippen LogP contribution < -0.4 is 9.47 Å². The fraction of sp³-hybridized carbons (Fsp3) is 0.214. The second kappa shape index (κ2) is 11.8. The van der Waals surface area contributed by atoms with Gasteiger partial charge in [0, 0.05) is 17.0 Å². The smallest absolute Gasteiger partial charge is 0.266 e. The summed E-state index contributed by atoms with van der Waals surface area (Å²) in [7, 11) is 0. The van der Waals surface area contributed by atoms with E-state index in [2.05, 4.69) is 19.9 Å². The van der Waals surface area contributed by atoms with E-state index < -0.39 is 0 Å². The van der Waals surface area contributed by atoms with Crippen molar-refractivity contribution in [1.82, 2.24) is 4.90 Å². The zero-order valence-corrected chi connectivity index (χ0v) is 22.0. The van der Waals surface area contributed by atoms with Gasteiger partial charge in [0.05, 0.1) is 24.7 Å². The molecule has 1 amide bonds. The first-order chi connectivity index (χ1) is 16.9. The van der Waals surface area contributed by atoms with Gasteiger partial charge >= 0.3 is 0 Å². The molecule has 0 aliphatic carbocycles. The molecule has 1 aliphatic heterocycles. The lowest BCUT2D eigenvalue weighted by Crippen LogP contribution is -2.27. The minimum Gasteiger partial charge on any atom is -0.493 e. The Balaban J connectivity index is 1.39. The maximum absolute atomic E-state index is 13.1. The number of aryl methyl sites for hydroxylation is 2. The van der Waals surface area contributed by atoms with E-state index in [4.69, 9.17) is 33.3 Å². The first-order valence-corrected chi connectivity index (χ1v) is 12.9. The molecule has 0 spiro atoms. The third-order valence-electron chi connectivity index (χ3n) is 5.33. The van der Waals surface area contributed by atoms with Gasteiger partial charge in [0.15, 0.2) is 0 Å². The number of carbonyl (C=O) groups excluding carboxylic acids is 1. The Morgan fingerprint density at radius 2 is 1.69 bits per heavy atom. The number of carbonyl (C=O) groups is 1. The molecular weight excluding hydrogens is 498 g/mol. The van der Waals surface area contributed by atoms with Gasteiger partial charge in [-0.05, 0) is 66.9 Å². The molecule has 1 fully saturated rings. The number of halogens is 1. The highest BCUT2D eigenvalue weighted by molar-refractivity contribution is 8.26. The van der Waals surface area contributed by atoms with E-state index in [1.807, 2.05) is 48.5 Å². The maximum atomic E-state index is 13.1. The number of rotatable bonds is 9. The molecule has 7 heteroatoms. The van der Waals surface area contributed by atoms with Gasteiger partial charge in [0.1, 0.15) is 15.8 Å². The normalized spacial score (nSPS) is 14.6. The van der Waals surface area contributed by atoms with Crippen LogP contribution in [0.5, 0.6) is 11.5 Å². The summed E-state index contributed by atoms with van der Waals surface area (Å²) in [5.74, 6) is 1.41. The lowest BCUT2D eigenvalue weighted by atomic mass is 10.1. The van der Waals surface area contributed by atoms with E-state index in [0.29, 0.717) is 46.2 Å². The Hall–Kier alpha value is -2.80. The molecule has 0 N–H and O–H groups in total. The van der Waals surface area contributed by atoms with Crippen LogP contribution >= 0.6 is 35.6 Å². The monoisotopic (exact) mass is 523 g/mol. The van der Waals surface area contributed by atoms with E-state index >= 15 is 0 Å². The van der Waals surface area contributed by atoms with Crippen LogP contribution in [0.25, 0.3) is 6.08 Å². The van der Waals surface area contributed by atoms with Crippen molar-refractivity contribution < 1.29 is 14.3 Å². The average Bonchev–Trinajstić information content (AvgIpc) is 3.07. The van der Waals surface area contributed by atoms with E-state index in [1.165, 1.54) is 22.9 Å². The van der Waals surface area contributed by atoms with Crippen molar-refractivity contribution in [1.29, 1.82) is 0 Å². The highest BCUT2D eigenvalue weighted by Gasteiger charge is 2.32. The Bertz CT molecular complexity index is 1240. The number of hydrogen-bond acceptors (Lipinski definition) is 5. The van der Waals surface area contributed by atoms with Crippen LogP contribution in [0, 0.1) is 13.8 Å². The summed E-state index contributed by atoms with van der Waals surface area (Å²) in [5.41, 5.74) is 4.13. The van der Waals surface area contributed by atoms with E-state index in [-0.39, 0.29) is 5.91 Å². The first-order valence-electron chi connectivity index (χ1n) is 11.3. The molecule has 4 nitrogen and oxygen atoms in total. The third kappa shape index (κ3) is 6.88. The van der Waals surface area contributed by atoms with Crippen molar-refractivity contribution in [3.05, 3.63) is 98.9 Å². The summed E-state index contributed by atoms with van der Waals surface area (Å²) in [5, 5.41) is 0.571. The second-order valence-electron chi connectivity index (χ2n) is 8.31. The summed E-state index contributed by atoms with van der Waals surface area (Å²) >= 11 is 13.0. The lowest BCUT2D eigenvalue weighted by molar-refractivity contribution is -0.122. The van der Waals surface area contributed by atoms with Crippen LogP contribution in [-0.4, -0.2) is 28.3 Å². The van der Waals surface area contributed by atoms with Crippen molar-refractivity contribution in [2.24, 2.45) is 0 Å². The zero-order chi connectivity index (χ0) is 24.8. The molecule has 180 valence electrons. The molecule has 0 bridgehead atoms. The van der Waals surface area contributed by atoms with Gasteiger partial charge in [-0.3, -0.25) is 9.69 Å². The van der Waals surface area contributed by atoms with Crippen LogP contribution in [0.3, 0.4) is 0 Å². The number of hydrogen-bond donors (Lipinski definition) is 0. The Labute approximate surface area is 220 Å². The van der Waals surface area contributed by atoms with Crippen LogP contribution in [0.15, 0.2) is 71.6 Å². The topological polar surface area (TPSA) is 38.8 Å². The van der Waals surface area contributed by atoms with E-state index in [9.17, 15) is 4.79 Å². The summed E-state index contributed by atoms with van der Waals surface area (Å²) in [6, 6.07) is 21.4. The molecule has 1 saturated heterocycles. The van der Waals surface area contributed by atoms with E-state index in [0.717, 1.165) is 16.9 Å². The van der Waals surface area contributed by atoms with Crippen molar-refractivity contribution in [2.45, 2.75) is 26.8 Å². The maximum Gasteiger partial charge on any atom is 0.266 e. The molecule has 0 radical (unpaired) electrons. The van der Waals surface area contributed by atoms with Crippen molar-refractivity contribution in [2.75, 3.05) is 13.2 Å². The Morgan fingerprint density at radius 3 is 2.43 bits per heavy atom. The van der Waals surface area contributed by atoms with Gasteiger partial charge in [-0.25, -0.2) is 0 Å². The molecule has 3 aromatic carbocycles. The second-order valence-corrected chi connectivity index (χ2v) is 10.4. The highest BCUT2D eigenvalue weighted by atomic mass is 35.5. The lowest BCUT2D eigenvalue weighted by Gasteiger charge is -2.14. The summed E-state index contributed by atoms with van der Waals surface area (Å²) in [4.78, 5) is 15.2. The van der Waals surface area contributed by atoms with Gasteiger partial charge in [0.25, 0.3) is 5.91 Å². The van der Waals surface area contributed by atoms with Gasteiger partial charge in [-0.2, -0.15) is 0 Å². The Morgan fingerprint density at radius 1 is 0.971 bits per heavy atom. The predicted molar refractivity (Wildman–Crippen MR) is 148 cm³/mol. The molecule has 4 rings (SSSR count). The van der Waals surface area contributed by atoms with Gasteiger partial charge < -0.3 is 9.47 Å². The molecule has 35 heavy (non-hydrogen) atoms. The molecule has 0 saturated carbocycles. The average molecular weight is 524 g/mol. The first kappa shape index (κ1) is 25.3. The number of thiocarbonyl (C=S) groups is 1. The third-order valence-corrected chi connectivity index (χ3v) is 6.94. The van der Waals surface area contributed by atoms with Gasteiger partial charge in [-0.15, -0.1) is 0 Å². The minimum absolute atomic E-state index is 0.114. The molecule has 0 unspecified atom stereocenters. The fourth-order valence-electron chi connectivity index (χ4n) is 3.75. The standard InChI is InChI=1S/C28H26ClNO3S2/c1-19-13-20(2)15-24(14-19)32-11-6-12-33-25-10-9-23(29)16-22(25)17-26-27(31)30(28(34)35-26)18-21-7-4-3-5-8-21/h3-5,7-10,13-17H,6,11-12,18H2,1-2H3/b26-17-.